The first-order chi connectivity index (χ1) is 6.54. The van der Waals surface area contributed by atoms with Gasteiger partial charge in [0.05, 0.1) is 10.7 Å². The van der Waals surface area contributed by atoms with E-state index in [0.29, 0.717) is 5.92 Å². The summed E-state index contributed by atoms with van der Waals surface area (Å²) in [5.41, 5.74) is 7.15. The monoisotopic (exact) mass is 212 g/mol. The van der Waals surface area contributed by atoms with E-state index in [4.69, 9.17) is 5.73 Å². The topological polar surface area (TPSA) is 38.9 Å². The fourth-order valence-corrected chi connectivity index (χ4v) is 2.64. The van der Waals surface area contributed by atoms with E-state index in [9.17, 15) is 0 Å². The first-order valence-corrected chi connectivity index (χ1v) is 6.08. The van der Waals surface area contributed by atoms with Gasteiger partial charge >= 0.3 is 0 Å². The lowest BCUT2D eigenvalue weighted by atomic mass is 10.1. The van der Waals surface area contributed by atoms with E-state index in [1.165, 1.54) is 15.6 Å². The first-order valence-electron chi connectivity index (χ1n) is 5.26. The Hall–Kier alpha value is -0.410. The van der Waals surface area contributed by atoms with Gasteiger partial charge < -0.3 is 5.73 Å². The molecule has 2 nitrogen and oxygen atoms in total. The van der Waals surface area contributed by atoms with Gasteiger partial charge in [0.25, 0.3) is 0 Å². The van der Waals surface area contributed by atoms with E-state index in [1.54, 1.807) is 11.3 Å². The van der Waals surface area contributed by atoms with Crippen molar-refractivity contribution in [1.29, 1.82) is 0 Å². The Morgan fingerprint density at radius 2 is 2.07 bits per heavy atom. The van der Waals surface area contributed by atoms with E-state index in [1.807, 2.05) is 0 Å². The van der Waals surface area contributed by atoms with Gasteiger partial charge in [-0.3, -0.25) is 0 Å². The summed E-state index contributed by atoms with van der Waals surface area (Å²) < 4.78 is 0. The molecule has 1 heterocycles. The lowest BCUT2D eigenvalue weighted by Crippen LogP contribution is -2.21. The van der Waals surface area contributed by atoms with Crippen LogP contribution in [0.15, 0.2) is 0 Å². The van der Waals surface area contributed by atoms with Gasteiger partial charge in [-0.1, -0.05) is 20.8 Å². The number of aromatic nitrogens is 1. The second-order valence-electron chi connectivity index (χ2n) is 4.08. The summed E-state index contributed by atoms with van der Waals surface area (Å²) >= 11 is 1.80. The van der Waals surface area contributed by atoms with Crippen molar-refractivity contribution in [2.24, 2.45) is 5.73 Å². The van der Waals surface area contributed by atoms with Gasteiger partial charge in [-0.2, -0.15) is 0 Å². The Labute approximate surface area is 90.6 Å². The molecule has 14 heavy (non-hydrogen) atoms. The highest BCUT2D eigenvalue weighted by Crippen LogP contribution is 2.24. The standard InChI is InChI=1S/C11H20N2S/c1-5-9(12)6-10-13-11(7(2)3)8(4)14-10/h7,9H,5-6,12H2,1-4H3. The van der Waals surface area contributed by atoms with Gasteiger partial charge in [0.15, 0.2) is 0 Å². The summed E-state index contributed by atoms with van der Waals surface area (Å²) in [6.07, 6.45) is 1.95. The Bertz CT molecular complexity index is 291. The Morgan fingerprint density at radius 3 is 2.50 bits per heavy atom. The summed E-state index contributed by atoms with van der Waals surface area (Å²) in [6, 6.07) is 0.264. The molecule has 80 valence electrons. The molecule has 0 radical (unpaired) electrons. The third-order valence-corrected chi connectivity index (χ3v) is 3.39. The smallest absolute Gasteiger partial charge is 0.0946 e. The van der Waals surface area contributed by atoms with E-state index in [0.717, 1.165) is 12.8 Å². The number of thiazole rings is 1. The molecule has 0 spiro atoms. The quantitative estimate of drug-likeness (QED) is 0.833. The van der Waals surface area contributed by atoms with Crippen LogP contribution in [0, 0.1) is 6.92 Å². The van der Waals surface area contributed by atoms with Gasteiger partial charge in [0.1, 0.15) is 0 Å². The van der Waals surface area contributed by atoms with Gasteiger partial charge in [0.2, 0.25) is 0 Å². The summed E-state index contributed by atoms with van der Waals surface area (Å²) in [6.45, 7) is 8.64. The maximum Gasteiger partial charge on any atom is 0.0946 e. The zero-order valence-corrected chi connectivity index (χ0v) is 10.3. The number of nitrogens with zero attached hydrogens (tertiary/aromatic N) is 1. The maximum atomic E-state index is 5.91. The number of aryl methyl sites for hydroxylation is 1. The minimum absolute atomic E-state index is 0.264. The van der Waals surface area contributed by atoms with Crippen molar-refractivity contribution in [3.05, 3.63) is 15.6 Å². The van der Waals surface area contributed by atoms with Crippen molar-refractivity contribution in [3.63, 3.8) is 0 Å². The molecule has 1 unspecified atom stereocenters. The second-order valence-corrected chi connectivity index (χ2v) is 5.36. The molecule has 3 heteroatoms. The molecule has 2 N–H and O–H groups in total. The van der Waals surface area contributed by atoms with Gasteiger partial charge in [-0.15, -0.1) is 11.3 Å². The van der Waals surface area contributed by atoms with E-state index in [-0.39, 0.29) is 6.04 Å². The van der Waals surface area contributed by atoms with Crippen LogP contribution >= 0.6 is 11.3 Å². The lowest BCUT2D eigenvalue weighted by molar-refractivity contribution is 0.641. The highest BCUT2D eigenvalue weighted by atomic mass is 32.1. The molecule has 0 aliphatic rings. The molecule has 0 saturated carbocycles. The molecular formula is C11H20N2S. The largest absolute Gasteiger partial charge is 0.327 e. The first kappa shape index (κ1) is 11.7. The molecule has 0 saturated heterocycles. The molecule has 0 aliphatic carbocycles. The fourth-order valence-electron chi connectivity index (χ4n) is 1.46. The SMILES string of the molecule is CCC(N)Cc1nc(C(C)C)c(C)s1. The third-order valence-electron chi connectivity index (χ3n) is 2.38. The van der Waals surface area contributed by atoms with Crippen LogP contribution in [0.2, 0.25) is 0 Å². The van der Waals surface area contributed by atoms with Crippen LogP contribution in [-0.2, 0) is 6.42 Å². The number of hydrogen-bond acceptors (Lipinski definition) is 3. The number of rotatable bonds is 4. The average molecular weight is 212 g/mol. The third kappa shape index (κ3) is 2.79. The molecule has 1 aromatic heterocycles. The molecular weight excluding hydrogens is 192 g/mol. The fraction of sp³-hybridized carbons (Fsp3) is 0.727. The van der Waals surface area contributed by atoms with Crippen LogP contribution in [-0.4, -0.2) is 11.0 Å². The molecule has 0 aliphatic heterocycles. The molecule has 1 rings (SSSR count). The summed E-state index contributed by atoms with van der Waals surface area (Å²) in [7, 11) is 0. The molecule has 1 atom stereocenters. The molecule has 1 aromatic rings. The summed E-state index contributed by atoms with van der Waals surface area (Å²) in [5, 5.41) is 1.19. The minimum Gasteiger partial charge on any atom is -0.327 e. The predicted octanol–water partition coefficient (Wildman–Crippen LogP) is 2.85. The average Bonchev–Trinajstić information content (AvgIpc) is 2.46. The van der Waals surface area contributed by atoms with Crippen molar-refractivity contribution in [2.75, 3.05) is 0 Å². The zero-order valence-electron chi connectivity index (χ0n) is 9.50. The lowest BCUT2D eigenvalue weighted by Gasteiger charge is -2.04. The summed E-state index contributed by atoms with van der Waals surface area (Å²) in [4.78, 5) is 5.98. The Morgan fingerprint density at radius 1 is 1.43 bits per heavy atom. The van der Waals surface area contributed by atoms with Crippen molar-refractivity contribution in [1.82, 2.24) is 4.98 Å². The number of nitrogens with two attached hydrogens (primary N) is 1. The van der Waals surface area contributed by atoms with E-state index < -0.39 is 0 Å². The van der Waals surface area contributed by atoms with Crippen LogP contribution in [0.3, 0.4) is 0 Å². The second kappa shape index (κ2) is 4.89. The van der Waals surface area contributed by atoms with E-state index >= 15 is 0 Å². The molecule has 0 bridgehead atoms. The number of hydrogen-bond donors (Lipinski definition) is 1. The van der Waals surface area contributed by atoms with Gasteiger partial charge in [-0.25, -0.2) is 4.98 Å². The zero-order chi connectivity index (χ0) is 10.7. The highest BCUT2D eigenvalue weighted by Gasteiger charge is 2.12. The highest BCUT2D eigenvalue weighted by molar-refractivity contribution is 7.11. The molecule has 0 aromatic carbocycles. The van der Waals surface area contributed by atoms with Gasteiger partial charge in [0, 0.05) is 17.3 Å². The summed E-state index contributed by atoms with van der Waals surface area (Å²) in [5.74, 6) is 0.526. The van der Waals surface area contributed by atoms with Crippen LogP contribution in [0.4, 0.5) is 0 Å². The van der Waals surface area contributed by atoms with Gasteiger partial charge in [-0.05, 0) is 19.3 Å². The van der Waals surface area contributed by atoms with Crippen molar-refractivity contribution in [3.8, 4) is 0 Å². The van der Waals surface area contributed by atoms with Crippen LogP contribution in [0.1, 0.15) is 48.7 Å². The molecule has 0 amide bonds. The van der Waals surface area contributed by atoms with Crippen molar-refractivity contribution >= 4 is 11.3 Å². The minimum atomic E-state index is 0.264. The predicted molar refractivity (Wildman–Crippen MR) is 62.9 cm³/mol. The normalized spacial score (nSPS) is 13.6. The Kier molecular flexibility index (Phi) is 4.08. The Balaban J connectivity index is 2.75. The van der Waals surface area contributed by atoms with E-state index in [2.05, 4.69) is 32.7 Å². The molecule has 0 fully saturated rings. The van der Waals surface area contributed by atoms with Crippen LogP contribution in [0.25, 0.3) is 0 Å². The maximum absolute atomic E-state index is 5.91. The van der Waals surface area contributed by atoms with Crippen LogP contribution in [0.5, 0.6) is 0 Å². The van der Waals surface area contributed by atoms with Crippen molar-refractivity contribution < 1.29 is 0 Å². The van der Waals surface area contributed by atoms with Crippen LogP contribution < -0.4 is 5.73 Å². The van der Waals surface area contributed by atoms with Crippen molar-refractivity contribution in [2.45, 2.75) is 52.5 Å².